The molecule has 0 spiro atoms. The Morgan fingerprint density at radius 2 is 1.90 bits per heavy atom. The second-order valence-electron chi connectivity index (χ2n) is 9.66. The van der Waals surface area contributed by atoms with Crippen molar-refractivity contribution in [3.8, 4) is 11.3 Å². The zero-order chi connectivity index (χ0) is 20.7. The average molecular weight is 421 g/mol. The minimum absolute atomic E-state index is 0. The molecule has 0 unspecified atom stereocenters. The molecule has 2 aliphatic heterocycles. The van der Waals surface area contributed by atoms with Crippen molar-refractivity contribution < 1.29 is 4.79 Å². The number of benzene rings is 1. The van der Waals surface area contributed by atoms with Gasteiger partial charge in [-0.05, 0) is 72.6 Å². The zero-order valence-electron chi connectivity index (χ0n) is 18.2. The van der Waals surface area contributed by atoms with Crippen LogP contribution in [0.1, 0.15) is 58.1 Å². The molecule has 3 aliphatic rings. The van der Waals surface area contributed by atoms with E-state index in [4.69, 9.17) is 0 Å². The minimum Gasteiger partial charge on any atom is -0.325 e. The molecular weight excluding hydrogens is 384 g/mol. The Hall–Kier alpha value is -2.43. The zero-order valence-corrected chi connectivity index (χ0v) is 18.2. The molecule has 2 fully saturated rings. The number of hydrogen-bond acceptors (Lipinski definition) is 3. The van der Waals surface area contributed by atoms with E-state index in [1.54, 1.807) is 12.5 Å². The maximum Gasteiger partial charge on any atom is 0.320 e. The van der Waals surface area contributed by atoms with Crippen LogP contribution in [0, 0.1) is 11.8 Å². The molecule has 1 aromatic carbocycles. The van der Waals surface area contributed by atoms with Crippen LogP contribution >= 0.6 is 0 Å². The van der Waals surface area contributed by atoms with Crippen LogP contribution in [0.3, 0.4) is 0 Å². The maximum absolute atomic E-state index is 13.3. The van der Waals surface area contributed by atoms with Gasteiger partial charge >= 0.3 is 6.03 Å². The highest BCUT2D eigenvalue weighted by Crippen LogP contribution is 2.49. The van der Waals surface area contributed by atoms with Gasteiger partial charge in [0, 0.05) is 37.9 Å². The molecule has 0 N–H and O–H groups in total. The van der Waals surface area contributed by atoms with Gasteiger partial charge in [-0.3, -0.25) is 0 Å². The van der Waals surface area contributed by atoms with Crippen LogP contribution in [0.2, 0.25) is 0 Å². The SMILES string of the molecule is C.C[C@@H]1[C@H]2Cc3ccc(-c4ccncn4)cc3[C@]1(C)CCN(C(=O)N1CCCCC1)C2. The summed E-state index contributed by atoms with van der Waals surface area (Å²) in [6.45, 7) is 8.41. The second kappa shape index (κ2) is 8.60. The number of carbonyl (C=O) groups is 1. The van der Waals surface area contributed by atoms with Crippen LogP contribution in [0.15, 0.2) is 36.8 Å². The molecule has 1 aliphatic carbocycles. The van der Waals surface area contributed by atoms with Gasteiger partial charge in [-0.2, -0.15) is 0 Å². The Balaban J connectivity index is 0.00000231. The summed E-state index contributed by atoms with van der Waals surface area (Å²) >= 11 is 0. The molecule has 3 atom stereocenters. The van der Waals surface area contributed by atoms with E-state index in [1.807, 2.05) is 6.07 Å². The molecule has 5 heteroatoms. The Kier molecular flexibility index (Phi) is 6.05. The van der Waals surface area contributed by atoms with Gasteiger partial charge in [0.1, 0.15) is 6.33 Å². The quantitative estimate of drug-likeness (QED) is 0.640. The van der Waals surface area contributed by atoms with E-state index < -0.39 is 0 Å². The number of hydrogen-bond donors (Lipinski definition) is 0. The molecule has 5 nitrogen and oxygen atoms in total. The number of piperidine rings is 1. The summed E-state index contributed by atoms with van der Waals surface area (Å²) in [5.74, 6) is 1.06. The van der Waals surface area contributed by atoms with Gasteiger partial charge in [0.2, 0.25) is 0 Å². The third-order valence-electron chi connectivity index (χ3n) is 8.05. The molecule has 3 heterocycles. The van der Waals surface area contributed by atoms with Crippen LogP contribution in [0.4, 0.5) is 4.79 Å². The van der Waals surface area contributed by atoms with Crippen LogP contribution < -0.4 is 0 Å². The van der Waals surface area contributed by atoms with Crippen LogP contribution in [0.25, 0.3) is 11.3 Å². The molecule has 0 radical (unpaired) electrons. The summed E-state index contributed by atoms with van der Waals surface area (Å²) in [5.41, 5.74) is 5.12. The number of urea groups is 1. The third-order valence-corrected chi connectivity index (χ3v) is 8.05. The first-order chi connectivity index (χ1) is 14.6. The Labute approximate surface area is 186 Å². The fraction of sp³-hybridized carbons (Fsp3) is 0.577. The molecule has 1 aromatic heterocycles. The summed E-state index contributed by atoms with van der Waals surface area (Å²) in [4.78, 5) is 26.0. The molecule has 0 saturated carbocycles. The lowest BCUT2D eigenvalue weighted by molar-refractivity contribution is 0.136. The van der Waals surface area contributed by atoms with Gasteiger partial charge in [0.25, 0.3) is 0 Å². The molecule has 5 rings (SSSR count). The topological polar surface area (TPSA) is 49.3 Å². The summed E-state index contributed by atoms with van der Waals surface area (Å²) in [6, 6.07) is 9.09. The Morgan fingerprint density at radius 3 is 2.65 bits per heavy atom. The van der Waals surface area contributed by atoms with Gasteiger partial charge in [-0.1, -0.05) is 33.4 Å². The van der Waals surface area contributed by atoms with Crippen molar-refractivity contribution in [1.29, 1.82) is 0 Å². The first-order valence-electron chi connectivity index (χ1n) is 11.5. The molecule has 2 bridgehead atoms. The number of aromatic nitrogens is 2. The van der Waals surface area contributed by atoms with Gasteiger partial charge in [-0.15, -0.1) is 0 Å². The van der Waals surface area contributed by atoms with E-state index in [-0.39, 0.29) is 18.9 Å². The number of nitrogens with zero attached hydrogens (tertiary/aromatic N) is 4. The highest BCUT2D eigenvalue weighted by atomic mass is 16.2. The van der Waals surface area contributed by atoms with Crippen molar-refractivity contribution in [2.45, 2.75) is 58.8 Å². The van der Waals surface area contributed by atoms with Crippen LogP contribution in [-0.2, 0) is 11.8 Å². The van der Waals surface area contributed by atoms with Crippen LogP contribution in [-0.4, -0.2) is 52.0 Å². The summed E-state index contributed by atoms with van der Waals surface area (Å²) < 4.78 is 0. The Bertz CT molecular complexity index is 924. The molecule has 2 aromatic rings. The molecule has 2 amide bonds. The first kappa shape index (κ1) is 21.8. The number of carbonyl (C=O) groups excluding carboxylic acids is 1. The van der Waals surface area contributed by atoms with Crippen LogP contribution in [0.5, 0.6) is 0 Å². The lowest BCUT2D eigenvalue weighted by Crippen LogP contribution is -2.47. The van der Waals surface area contributed by atoms with E-state index >= 15 is 0 Å². The minimum atomic E-state index is 0. The maximum atomic E-state index is 13.3. The number of likely N-dealkylation sites (tertiary alicyclic amines) is 2. The van der Waals surface area contributed by atoms with E-state index in [0.717, 1.165) is 63.1 Å². The molecule has 166 valence electrons. The van der Waals surface area contributed by atoms with Gasteiger partial charge in [0.15, 0.2) is 0 Å². The van der Waals surface area contributed by atoms with Gasteiger partial charge < -0.3 is 9.80 Å². The summed E-state index contributed by atoms with van der Waals surface area (Å²) in [7, 11) is 0. The van der Waals surface area contributed by atoms with Crippen molar-refractivity contribution in [1.82, 2.24) is 19.8 Å². The normalized spacial score (nSPS) is 27.7. The van der Waals surface area contributed by atoms with E-state index in [2.05, 4.69) is 51.8 Å². The smallest absolute Gasteiger partial charge is 0.320 e. The molecule has 31 heavy (non-hydrogen) atoms. The van der Waals surface area contributed by atoms with Gasteiger partial charge in [-0.25, -0.2) is 14.8 Å². The lowest BCUT2D eigenvalue weighted by Gasteiger charge is -2.44. The molecular formula is C26H36N4O. The standard InChI is InChI=1S/C25H32N4O.CH4/c1-18-21-14-19-6-7-20(23-8-10-26-17-27-23)15-22(19)25(18,2)9-13-29(16-21)24(30)28-11-4-3-5-12-28;/h6-8,10,15,17-18,21H,3-5,9,11-14,16H2,1-2H3;1H4/t18-,21+,25-;/m1./s1. The first-order valence-corrected chi connectivity index (χ1v) is 11.5. The predicted octanol–water partition coefficient (Wildman–Crippen LogP) is 5.16. The highest BCUT2D eigenvalue weighted by molar-refractivity contribution is 5.74. The Morgan fingerprint density at radius 1 is 1.10 bits per heavy atom. The summed E-state index contributed by atoms with van der Waals surface area (Å²) in [5, 5.41) is 0. The van der Waals surface area contributed by atoms with Crippen molar-refractivity contribution in [2.75, 3.05) is 26.2 Å². The van der Waals surface area contributed by atoms with E-state index in [9.17, 15) is 4.79 Å². The second-order valence-corrected chi connectivity index (χ2v) is 9.66. The fourth-order valence-electron chi connectivity index (χ4n) is 5.92. The predicted molar refractivity (Wildman–Crippen MR) is 125 cm³/mol. The third kappa shape index (κ3) is 3.83. The van der Waals surface area contributed by atoms with Crippen molar-refractivity contribution in [3.05, 3.63) is 47.9 Å². The molecule has 2 saturated heterocycles. The number of fused-ring (bicyclic) bond motifs is 4. The van der Waals surface area contributed by atoms with Gasteiger partial charge in [0.05, 0.1) is 5.69 Å². The fourth-order valence-corrected chi connectivity index (χ4v) is 5.92. The summed E-state index contributed by atoms with van der Waals surface area (Å²) in [6.07, 6.45) is 9.04. The van der Waals surface area contributed by atoms with Crippen molar-refractivity contribution in [2.24, 2.45) is 11.8 Å². The number of rotatable bonds is 1. The highest BCUT2D eigenvalue weighted by Gasteiger charge is 2.46. The largest absolute Gasteiger partial charge is 0.325 e. The lowest BCUT2D eigenvalue weighted by atomic mass is 9.60. The van der Waals surface area contributed by atoms with E-state index in [0.29, 0.717) is 11.8 Å². The average Bonchev–Trinajstić information content (AvgIpc) is 2.88. The van der Waals surface area contributed by atoms with E-state index in [1.165, 1.54) is 17.5 Å². The van der Waals surface area contributed by atoms with Crippen molar-refractivity contribution >= 4 is 6.03 Å². The number of amides is 2. The monoisotopic (exact) mass is 420 g/mol. The van der Waals surface area contributed by atoms with Crippen molar-refractivity contribution in [3.63, 3.8) is 0 Å².